The molecule has 5 nitrogen and oxygen atoms in total. The molecule has 3 rings (SSSR count). The van der Waals surface area contributed by atoms with Gasteiger partial charge in [-0.2, -0.15) is 0 Å². The summed E-state index contributed by atoms with van der Waals surface area (Å²) in [5.74, 6) is 0.187. The lowest BCUT2D eigenvalue weighted by atomic mass is 10.2. The molecule has 1 atom stereocenters. The van der Waals surface area contributed by atoms with Crippen molar-refractivity contribution < 1.29 is 14.3 Å². The van der Waals surface area contributed by atoms with Crippen LogP contribution >= 0.6 is 11.6 Å². The van der Waals surface area contributed by atoms with Gasteiger partial charge in [0.05, 0.1) is 13.2 Å². The highest BCUT2D eigenvalue weighted by Gasteiger charge is 2.18. The molecule has 1 aliphatic rings. The maximum Gasteiger partial charge on any atom is 0.255 e. The molecular weight excluding hydrogens is 304 g/mol. The molecule has 0 bridgehead atoms. The molecular formula is C16H15ClN2O3. The van der Waals surface area contributed by atoms with Crippen molar-refractivity contribution >= 4 is 23.2 Å². The van der Waals surface area contributed by atoms with Crippen LogP contribution in [0.15, 0.2) is 42.6 Å². The molecule has 2 heterocycles. The number of benzene rings is 1. The molecule has 2 aromatic rings. The SMILES string of the molecule is O=C(Nc1cccc(Cl)c1)c1ccnc(OC2CCOC2)c1. The van der Waals surface area contributed by atoms with E-state index in [1.165, 1.54) is 0 Å². The number of nitrogens with one attached hydrogen (secondary N) is 1. The number of amides is 1. The molecule has 1 N–H and O–H groups in total. The number of pyridine rings is 1. The van der Waals surface area contributed by atoms with Gasteiger partial charge in [-0.3, -0.25) is 4.79 Å². The van der Waals surface area contributed by atoms with Gasteiger partial charge in [0.15, 0.2) is 0 Å². The first kappa shape index (κ1) is 14.8. The Labute approximate surface area is 133 Å². The van der Waals surface area contributed by atoms with E-state index in [0.717, 1.165) is 6.42 Å². The van der Waals surface area contributed by atoms with Gasteiger partial charge in [0.1, 0.15) is 6.10 Å². The van der Waals surface area contributed by atoms with Crippen molar-refractivity contribution in [3.63, 3.8) is 0 Å². The molecule has 1 aliphatic heterocycles. The Morgan fingerprint density at radius 2 is 2.27 bits per heavy atom. The minimum absolute atomic E-state index is 0.00117. The number of hydrogen-bond acceptors (Lipinski definition) is 4. The highest BCUT2D eigenvalue weighted by atomic mass is 35.5. The highest BCUT2D eigenvalue weighted by molar-refractivity contribution is 6.30. The van der Waals surface area contributed by atoms with E-state index in [-0.39, 0.29) is 12.0 Å². The molecule has 1 saturated heterocycles. The molecule has 0 saturated carbocycles. The van der Waals surface area contributed by atoms with Gasteiger partial charge >= 0.3 is 0 Å². The number of ether oxygens (including phenoxy) is 2. The van der Waals surface area contributed by atoms with E-state index in [1.807, 2.05) is 0 Å². The molecule has 1 unspecified atom stereocenters. The Balaban J connectivity index is 1.69. The molecule has 1 aromatic carbocycles. The number of carbonyl (C=O) groups is 1. The minimum Gasteiger partial charge on any atom is -0.472 e. The van der Waals surface area contributed by atoms with E-state index in [0.29, 0.717) is 35.4 Å². The first-order valence-corrected chi connectivity index (χ1v) is 7.36. The summed E-state index contributed by atoms with van der Waals surface area (Å²) in [6, 6.07) is 10.3. The van der Waals surface area contributed by atoms with E-state index in [9.17, 15) is 4.79 Å². The maximum absolute atomic E-state index is 12.3. The first-order valence-electron chi connectivity index (χ1n) is 6.98. The van der Waals surface area contributed by atoms with Crippen molar-refractivity contribution in [1.82, 2.24) is 4.98 Å². The van der Waals surface area contributed by atoms with Crippen LogP contribution in [0.3, 0.4) is 0 Å². The standard InChI is InChI=1S/C16H15ClN2O3/c17-12-2-1-3-13(9-12)19-16(20)11-4-6-18-15(8-11)22-14-5-7-21-10-14/h1-4,6,8-9,14H,5,7,10H2,(H,19,20). The summed E-state index contributed by atoms with van der Waals surface area (Å²) in [5, 5.41) is 3.36. The third-order valence-electron chi connectivity index (χ3n) is 3.25. The summed E-state index contributed by atoms with van der Waals surface area (Å²) >= 11 is 5.90. The zero-order valence-electron chi connectivity index (χ0n) is 11.8. The molecule has 1 aromatic heterocycles. The van der Waals surface area contributed by atoms with E-state index < -0.39 is 0 Å². The lowest BCUT2D eigenvalue weighted by molar-refractivity contribution is 0.102. The summed E-state index contributed by atoms with van der Waals surface area (Å²) in [6.45, 7) is 1.25. The van der Waals surface area contributed by atoms with Crippen LogP contribution < -0.4 is 10.1 Å². The number of halogens is 1. The molecule has 22 heavy (non-hydrogen) atoms. The minimum atomic E-state index is -0.239. The van der Waals surface area contributed by atoms with Gasteiger partial charge in [-0.05, 0) is 24.3 Å². The fraction of sp³-hybridized carbons (Fsp3) is 0.250. The van der Waals surface area contributed by atoms with Crippen LogP contribution in [0.1, 0.15) is 16.8 Å². The van der Waals surface area contributed by atoms with Gasteiger partial charge in [0, 0.05) is 35.0 Å². The monoisotopic (exact) mass is 318 g/mol. The van der Waals surface area contributed by atoms with E-state index in [1.54, 1.807) is 42.6 Å². The third-order valence-corrected chi connectivity index (χ3v) is 3.49. The van der Waals surface area contributed by atoms with Gasteiger partial charge in [-0.15, -0.1) is 0 Å². The van der Waals surface area contributed by atoms with E-state index in [2.05, 4.69) is 10.3 Å². The Kier molecular flexibility index (Phi) is 4.56. The number of aromatic nitrogens is 1. The maximum atomic E-state index is 12.3. The number of carbonyl (C=O) groups excluding carboxylic acids is 1. The molecule has 114 valence electrons. The summed E-state index contributed by atoms with van der Waals surface area (Å²) in [4.78, 5) is 16.4. The van der Waals surface area contributed by atoms with Gasteiger partial charge in [-0.25, -0.2) is 4.98 Å². The lowest BCUT2D eigenvalue weighted by Crippen LogP contribution is -2.17. The number of nitrogens with zero attached hydrogens (tertiary/aromatic N) is 1. The van der Waals surface area contributed by atoms with Crippen molar-refractivity contribution in [3.05, 3.63) is 53.2 Å². The second-order valence-electron chi connectivity index (χ2n) is 4.95. The summed E-state index contributed by atoms with van der Waals surface area (Å²) < 4.78 is 11.0. The van der Waals surface area contributed by atoms with Crippen LogP contribution in [-0.4, -0.2) is 30.2 Å². The summed E-state index contributed by atoms with van der Waals surface area (Å²) in [7, 11) is 0. The summed E-state index contributed by atoms with van der Waals surface area (Å²) in [5.41, 5.74) is 1.12. The van der Waals surface area contributed by atoms with Gasteiger partial charge in [0.25, 0.3) is 5.91 Å². The molecule has 1 fully saturated rings. The smallest absolute Gasteiger partial charge is 0.255 e. The second kappa shape index (κ2) is 6.77. The Morgan fingerprint density at radius 3 is 3.05 bits per heavy atom. The molecule has 6 heteroatoms. The van der Waals surface area contributed by atoms with Gasteiger partial charge < -0.3 is 14.8 Å². The molecule has 0 spiro atoms. The molecule has 0 radical (unpaired) electrons. The van der Waals surface area contributed by atoms with Crippen LogP contribution in [0.2, 0.25) is 5.02 Å². The van der Waals surface area contributed by atoms with Crippen molar-refractivity contribution in [3.8, 4) is 5.88 Å². The predicted molar refractivity (Wildman–Crippen MR) is 83.5 cm³/mol. The van der Waals surface area contributed by atoms with Crippen LogP contribution in [0.4, 0.5) is 5.69 Å². The predicted octanol–water partition coefficient (Wildman–Crippen LogP) is 3.16. The zero-order chi connectivity index (χ0) is 15.4. The van der Waals surface area contributed by atoms with Crippen LogP contribution in [-0.2, 0) is 4.74 Å². The highest BCUT2D eigenvalue weighted by Crippen LogP contribution is 2.18. The fourth-order valence-corrected chi connectivity index (χ4v) is 2.35. The Bertz CT molecular complexity index is 672. The molecule has 0 aliphatic carbocycles. The van der Waals surface area contributed by atoms with Crippen molar-refractivity contribution in [2.45, 2.75) is 12.5 Å². The van der Waals surface area contributed by atoms with Gasteiger partial charge in [-0.1, -0.05) is 17.7 Å². The average Bonchev–Trinajstić information content (AvgIpc) is 3.00. The van der Waals surface area contributed by atoms with Crippen molar-refractivity contribution in [1.29, 1.82) is 0 Å². The third kappa shape index (κ3) is 3.75. The first-order chi connectivity index (χ1) is 10.7. The number of hydrogen-bond donors (Lipinski definition) is 1. The van der Waals surface area contributed by atoms with Crippen molar-refractivity contribution in [2.24, 2.45) is 0 Å². The Hall–Kier alpha value is -2.11. The fourth-order valence-electron chi connectivity index (χ4n) is 2.16. The largest absolute Gasteiger partial charge is 0.472 e. The average molecular weight is 319 g/mol. The number of anilines is 1. The topological polar surface area (TPSA) is 60.5 Å². The van der Waals surface area contributed by atoms with E-state index in [4.69, 9.17) is 21.1 Å². The lowest BCUT2D eigenvalue weighted by Gasteiger charge is -2.11. The number of rotatable bonds is 4. The van der Waals surface area contributed by atoms with Crippen LogP contribution in [0, 0.1) is 0 Å². The normalized spacial score (nSPS) is 17.2. The quantitative estimate of drug-likeness (QED) is 0.940. The summed E-state index contributed by atoms with van der Waals surface area (Å²) in [6.07, 6.45) is 2.39. The van der Waals surface area contributed by atoms with Crippen LogP contribution in [0.25, 0.3) is 0 Å². The Morgan fingerprint density at radius 1 is 1.36 bits per heavy atom. The molecule has 1 amide bonds. The van der Waals surface area contributed by atoms with E-state index >= 15 is 0 Å². The van der Waals surface area contributed by atoms with Crippen LogP contribution in [0.5, 0.6) is 5.88 Å². The zero-order valence-corrected chi connectivity index (χ0v) is 12.5. The second-order valence-corrected chi connectivity index (χ2v) is 5.39. The van der Waals surface area contributed by atoms with Gasteiger partial charge in [0.2, 0.25) is 5.88 Å². The van der Waals surface area contributed by atoms with Crippen molar-refractivity contribution in [2.75, 3.05) is 18.5 Å².